The number of benzene rings is 1. The lowest BCUT2D eigenvalue weighted by molar-refractivity contribution is -0.167. The number of hydrogen-bond donors (Lipinski definition) is 0. The van der Waals surface area contributed by atoms with Crippen LogP contribution in [0.4, 0.5) is 4.79 Å². The van der Waals surface area contributed by atoms with Gasteiger partial charge < -0.3 is 14.2 Å². The third kappa shape index (κ3) is 5.34. The average Bonchev–Trinajstić information content (AvgIpc) is 2.29. The SMILES string of the molecule is CCOC(=O)OC(C)OC(=O)Cc1cc[c]cc1. The monoisotopic (exact) mass is 251 g/mol. The smallest absolute Gasteiger partial charge is 0.435 e. The molecule has 1 aromatic rings. The van der Waals surface area contributed by atoms with Crippen LogP contribution in [0.5, 0.6) is 0 Å². The number of carbonyl (C=O) groups is 2. The minimum Gasteiger partial charge on any atom is -0.435 e. The maximum absolute atomic E-state index is 11.5. The van der Waals surface area contributed by atoms with E-state index >= 15 is 0 Å². The normalized spacial score (nSPS) is 11.4. The van der Waals surface area contributed by atoms with Crippen LogP contribution in [0.25, 0.3) is 0 Å². The molecule has 1 aromatic carbocycles. The molecule has 0 bridgehead atoms. The fourth-order valence-corrected chi connectivity index (χ4v) is 1.24. The van der Waals surface area contributed by atoms with E-state index in [0.717, 1.165) is 5.56 Å². The van der Waals surface area contributed by atoms with Crippen molar-refractivity contribution in [3.63, 3.8) is 0 Å². The minimum atomic E-state index is -0.966. The van der Waals surface area contributed by atoms with Crippen LogP contribution in [-0.4, -0.2) is 25.0 Å². The zero-order valence-corrected chi connectivity index (χ0v) is 10.3. The number of carbonyl (C=O) groups excluding carboxylic acids is 2. The van der Waals surface area contributed by atoms with Crippen molar-refractivity contribution in [1.82, 2.24) is 0 Å². The molecule has 0 aliphatic rings. The molecule has 0 saturated heterocycles. The van der Waals surface area contributed by atoms with Gasteiger partial charge in [-0.15, -0.1) is 0 Å². The summed E-state index contributed by atoms with van der Waals surface area (Å²) in [6.07, 6.45) is -1.70. The molecule has 5 nitrogen and oxygen atoms in total. The highest BCUT2D eigenvalue weighted by atomic mass is 16.8. The molecular formula is C13H15O5. The maximum Gasteiger partial charge on any atom is 0.511 e. The first kappa shape index (κ1) is 14.0. The quantitative estimate of drug-likeness (QED) is 0.592. The first-order chi connectivity index (χ1) is 8.61. The molecule has 1 atom stereocenters. The molecule has 5 heteroatoms. The van der Waals surface area contributed by atoms with E-state index in [1.807, 2.05) is 0 Å². The number of ether oxygens (including phenoxy) is 3. The van der Waals surface area contributed by atoms with Gasteiger partial charge in [-0.2, -0.15) is 0 Å². The molecule has 1 rings (SSSR count). The lowest BCUT2D eigenvalue weighted by atomic mass is 10.2. The molecular weight excluding hydrogens is 236 g/mol. The van der Waals surface area contributed by atoms with Crippen molar-refractivity contribution in [3.8, 4) is 0 Å². The van der Waals surface area contributed by atoms with Crippen molar-refractivity contribution in [2.45, 2.75) is 26.6 Å². The van der Waals surface area contributed by atoms with Crippen LogP contribution in [-0.2, 0) is 25.4 Å². The van der Waals surface area contributed by atoms with Crippen LogP contribution < -0.4 is 0 Å². The van der Waals surface area contributed by atoms with Crippen LogP contribution in [0.1, 0.15) is 19.4 Å². The van der Waals surface area contributed by atoms with E-state index in [0.29, 0.717) is 0 Å². The van der Waals surface area contributed by atoms with Crippen LogP contribution in [0.2, 0.25) is 0 Å². The largest absolute Gasteiger partial charge is 0.511 e. The Bertz CT molecular complexity index is 388. The molecule has 0 fully saturated rings. The fraction of sp³-hybridized carbons (Fsp3) is 0.385. The Morgan fingerprint density at radius 1 is 1.28 bits per heavy atom. The number of esters is 1. The van der Waals surface area contributed by atoms with Crippen LogP contribution in [0.15, 0.2) is 24.3 Å². The van der Waals surface area contributed by atoms with E-state index in [1.54, 1.807) is 31.2 Å². The molecule has 0 amide bonds. The van der Waals surface area contributed by atoms with Crippen LogP contribution >= 0.6 is 0 Å². The van der Waals surface area contributed by atoms with E-state index in [-0.39, 0.29) is 13.0 Å². The third-order valence-corrected chi connectivity index (χ3v) is 1.96. The Morgan fingerprint density at radius 2 is 1.94 bits per heavy atom. The van der Waals surface area contributed by atoms with Gasteiger partial charge in [0, 0.05) is 6.92 Å². The van der Waals surface area contributed by atoms with Crippen molar-refractivity contribution < 1.29 is 23.8 Å². The average molecular weight is 251 g/mol. The first-order valence-electron chi connectivity index (χ1n) is 5.59. The highest BCUT2D eigenvalue weighted by Crippen LogP contribution is 2.03. The minimum absolute atomic E-state index is 0.116. The highest BCUT2D eigenvalue weighted by molar-refractivity contribution is 5.72. The Kier molecular flexibility index (Phi) is 5.70. The summed E-state index contributed by atoms with van der Waals surface area (Å²) in [6, 6.07) is 9.79. The van der Waals surface area contributed by atoms with Gasteiger partial charge in [-0.05, 0) is 18.6 Å². The zero-order valence-electron chi connectivity index (χ0n) is 10.3. The van der Waals surface area contributed by atoms with Gasteiger partial charge in [0.25, 0.3) is 0 Å². The summed E-state index contributed by atoms with van der Waals surface area (Å²) in [4.78, 5) is 22.5. The molecule has 0 N–H and O–H groups in total. The van der Waals surface area contributed by atoms with E-state index in [9.17, 15) is 9.59 Å². The molecule has 0 spiro atoms. The van der Waals surface area contributed by atoms with Gasteiger partial charge in [-0.1, -0.05) is 24.3 Å². The van der Waals surface area contributed by atoms with E-state index in [4.69, 9.17) is 4.74 Å². The van der Waals surface area contributed by atoms with E-state index < -0.39 is 18.4 Å². The molecule has 97 valence electrons. The van der Waals surface area contributed by atoms with E-state index in [1.165, 1.54) is 6.92 Å². The summed E-state index contributed by atoms with van der Waals surface area (Å²) >= 11 is 0. The van der Waals surface area contributed by atoms with Gasteiger partial charge >= 0.3 is 12.1 Å². The predicted octanol–water partition coefficient (Wildman–Crippen LogP) is 2.09. The van der Waals surface area contributed by atoms with Crippen LogP contribution in [0, 0.1) is 6.07 Å². The van der Waals surface area contributed by atoms with Crippen molar-refractivity contribution in [2.24, 2.45) is 0 Å². The molecule has 1 unspecified atom stereocenters. The van der Waals surface area contributed by atoms with E-state index in [2.05, 4.69) is 15.5 Å². The highest BCUT2D eigenvalue weighted by Gasteiger charge is 2.14. The maximum atomic E-state index is 11.5. The van der Waals surface area contributed by atoms with Gasteiger partial charge in [0.05, 0.1) is 13.0 Å². The summed E-state index contributed by atoms with van der Waals surface area (Å²) in [7, 11) is 0. The summed E-state index contributed by atoms with van der Waals surface area (Å²) < 4.78 is 14.1. The second-order valence-corrected chi connectivity index (χ2v) is 3.44. The van der Waals surface area contributed by atoms with Gasteiger partial charge in [0.15, 0.2) is 0 Å². The Morgan fingerprint density at radius 3 is 2.56 bits per heavy atom. The zero-order chi connectivity index (χ0) is 13.4. The lowest BCUT2D eigenvalue weighted by Crippen LogP contribution is -2.23. The van der Waals surface area contributed by atoms with Crippen molar-refractivity contribution in [3.05, 3.63) is 35.9 Å². The number of rotatable bonds is 5. The standard InChI is InChI=1S/C13H15O5/c1-3-16-13(15)18-10(2)17-12(14)9-11-7-5-4-6-8-11/h5-8,10H,3,9H2,1-2H3. The Balaban J connectivity index is 2.34. The second-order valence-electron chi connectivity index (χ2n) is 3.44. The Hall–Kier alpha value is -2.04. The van der Waals surface area contributed by atoms with Gasteiger partial charge in [-0.25, -0.2) is 4.79 Å². The summed E-state index contributed by atoms with van der Waals surface area (Å²) in [6.45, 7) is 3.32. The summed E-state index contributed by atoms with van der Waals surface area (Å²) in [5.74, 6) is -0.474. The van der Waals surface area contributed by atoms with Gasteiger partial charge in [0.1, 0.15) is 0 Å². The molecule has 0 aromatic heterocycles. The number of hydrogen-bond acceptors (Lipinski definition) is 5. The van der Waals surface area contributed by atoms with Crippen LogP contribution in [0.3, 0.4) is 0 Å². The van der Waals surface area contributed by atoms with Crippen molar-refractivity contribution in [2.75, 3.05) is 6.61 Å². The van der Waals surface area contributed by atoms with Gasteiger partial charge in [0.2, 0.25) is 6.29 Å². The van der Waals surface area contributed by atoms with Gasteiger partial charge in [-0.3, -0.25) is 4.79 Å². The summed E-state index contributed by atoms with van der Waals surface area (Å²) in [5.41, 5.74) is 0.807. The topological polar surface area (TPSA) is 61.8 Å². The third-order valence-electron chi connectivity index (χ3n) is 1.96. The molecule has 1 radical (unpaired) electrons. The van der Waals surface area contributed by atoms with Crippen molar-refractivity contribution in [1.29, 1.82) is 0 Å². The lowest BCUT2D eigenvalue weighted by Gasteiger charge is -2.13. The predicted molar refractivity (Wildman–Crippen MR) is 62.6 cm³/mol. The first-order valence-corrected chi connectivity index (χ1v) is 5.59. The Labute approximate surface area is 106 Å². The molecule has 0 aliphatic heterocycles. The molecule has 0 aliphatic carbocycles. The molecule has 0 saturated carbocycles. The fourth-order valence-electron chi connectivity index (χ4n) is 1.24. The second kappa shape index (κ2) is 7.32. The van der Waals surface area contributed by atoms with Crippen molar-refractivity contribution >= 4 is 12.1 Å². The molecule has 18 heavy (non-hydrogen) atoms. The summed E-state index contributed by atoms with van der Waals surface area (Å²) in [5, 5.41) is 0. The molecule has 0 heterocycles.